The van der Waals surface area contributed by atoms with Crippen LogP contribution in [0.25, 0.3) is 0 Å². The van der Waals surface area contributed by atoms with E-state index < -0.39 is 11.7 Å². The number of rotatable bonds is 5. The van der Waals surface area contributed by atoms with Crippen LogP contribution >= 0.6 is 11.8 Å². The molecule has 0 spiro atoms. The van der Waals surface area contributed by atoms with Crippen LogP contribution in [0.2, 0.25) is 0 Å². The fraction of sp³-hybridized carbons (Fsp3) is 0.273. The van der Waals surface area contributed by atoms with Crippen molar-refractivity contribution in [2.24, 2.45) is 0 Å². The largest absolute Gasteiger partial charge is 0.416 e. The van der Waals surface area contributed by atoms with Gasteiger partial charge in [-0.1, -0.05) is 30.3 Å². The molecule has 4 rings (SSSR count). The summed E-state index contributed by atoms with van der Waals surface area (Å²) in [7, 11) is 0. The van der Waals surface area contributed by atoms with Gasteiger partial charge in [0.2, 0.25) is 0 Å². The Bertz CT molecular complexity index is 1040. The second-order valence-electron chi connectivity index (χ2n) is 7.13. The molecule has 1 aliphatic heterocycles. The van der Waals surface area contributed by atoms with Crippen molar-refractivity contribution in [3.63, 3.8) is 0 Å². The quantitative estimate of drug-likeness (QED) is 0.302. The van der Waals surface area contributed by atoms with Crippen molar-refractivity contribution in [3.8, 4) is 0 Å². The lowest BCUT2D eigenvalue weighted by Crippen LogP contribution is -2.47. The Morgan fingerprint density at radius 3 is 2.35 bits per heavy atom. The first-order valence-corrected chi connectivity index (χ1v) is 10.7. The molecular weight excluding hydrogens is 428 g/mol. The molecule has 1 aromatic heterocycles. The molecule has 0 amide bonds. The van der Waals surface area contributed by atoms with Crippen LogP contribution in [0.3, 0.4) is 0 Å². The van der Waals surface area contributed by atoms with Crippen LogP contribution in [0.1, 0.15) is 11.1 Å². The lowest BCUT2D eigenvalue weighted by atomic mass is 10.1. The topological polar surface area (TPSA) is 32.3 Å². The molecule has 0 N–H and O–H groups in total. The Labute approximate surface area is 181 Å². The molecule has 9 heteroatoms. The third kappa shape index (κ3) is 5.28. The van der Waals surface area contributed by atoms with Crippen LogP contribution in [0.4, 0.5) is 29.1 Å². The third-order valence-electron chi connectivity index (χ3n) is 5.07. The van der Waals surface area contributed by atoms with E-state index in [-0.39, 0.29) is 5.82 Å². The minimum atomic E-state index is -4.35. The molecule has 0 saturated carbocycles. The minimum absolute atomic E-state index is 0.230. The lowest BCUT2D eigenvalue weighted by Gasteiger charge is -2.36. The van der Waals surface area contributed by atoms with Crippen LogP contribution in [0.15, 0.2) is 66.0 Å². The van der Waals surface area contributed by atoms with Gasteiger partial charge in [-0.3, -0.25) is 0 Å². The summed E-state index contributed by atoms with van der Waals surface area (Å²) in [6, 6.07) is 13.9. The maximum Gasteiger partial charge on any atom is 0.416 e. The van der Waals surface area contributed by atoms with E-state index in [9.17, 15) is 17.6 Å². The molecular formula is C22H20F4N4S. The minimum Gasteiger partial charge on any atom is -0.366 e. The molecule has 0 unspecified atom stereocenters. The van der Waals surface area contributed by atoms with Gasteiger partial charge in [-0.15, -0.1) is 11.8 Å². The van der Waals surface area contributed by atoms with E-state index in [1.165, 1.54) is 30.2 Å². The Morgan fingerprint density at radius 1 is 0.871 bits per heavy atom. The molecule has 162 valence electrons. The average Bonchev–Trinajstić information content (AvgIpc) is 2.78. The van der Waals surface area contributed by atoms with Crippen molar-refractivity contribution in [3.05, 3.63) is 77.9 Å². The number of nitrogens with zero attached hydrogens (tertiary/aromatic N) is 4. The zero-order valence-corrected chi connectivity index (χ0v) is 17.3. The fourth-order valence-corrected chi connectivity index (χ4v) is 4.27. The summed E-state index contributed by atoms with van der Waals surface area (Å²) in [5.74, 6) is 0.905. The number of aromatic nitrogens is 2. The summed E-state index contributed by atoms with van der Waals surface area (Å²) in [6.45, 7) is 2.70. The molecule has 4 nitrogen and oxygen atoms in total. The number of halogens is 4. The number of para-hydroxylation sites is 1. The van der Waals surface area contributed by atoms with Gasteiger partial charge in [-0.2, -0.15) is 13.2 Å². The van der Waals surface area contributed by atoms with E-state index in [0.717, 1.165) is 18.0 Å². The van der Waals surface area contributed by atoms with Gasteiger partial charge in [0.15, 0.2) is 0 Å². The van der Waals surface area contributed by atoms with E-state index in [4.69, 9.17) is 0 Å². The van der Waals surface area contributed by atoms with Crippen LogP contribution < -0.4 is 9.80 Å². The van der Waals surface area contributed by atoms with E-state index in [1.807, 2.05) is 17.0 Å². The standard InChI is InChI=1S/C22H20F4N4S/c23-18-6-1-2-7-19(18)29-8-10-30(11-9-29)20-13-21(28-15-27-20)31-14-16-4-3-5-17(12-16)22(24,25)26/h1-7,12-13,15H,8-11,14H2. The number of alkyl halides is 3. The van der Waals surface area contributed by atoms with Gasteiger partial charge in [0.25, 0.3) is 0 Å². The fourth-order valence-electron chi connectivity index (χ4n) is 3.46. The Balaban J connectivity index is 1.38. The Morgan fingerprint density at radius 2 is 1.61 bits per heavy atom. The molecule has 0 bridgehead atoms. The number of piperazine rings is 1. The number of anilines is 2. The SMILES string of the molecule is Fc1ccccc1N1CCN(c2cc(SCc3cccc(C(F)(F)F)c3)ncn2)CC1. The predicted molar refractivity (Wildman–Crippen MR) is 114 cm³/mol. The van der Waals surface area contributed by atoms with Crippen molar-refractivity contribution in [1.82, 2.24) is 9.97 Å². The number of benzene rings is 2. The highest BCUT2D eigenvalue weighted by atomic mass is 32.2. The van der Waals surface area contributed by atoms with Crippen molar-refractivity contribution in [2.75, 3.05) is 36.0 Å². The number of thioether (sulfide) groups is 1. The van der Waals surface area contributed by atoms with Crippen LogP contribution in [-0.4, -0.2) is 36.1 Å². The summed E-state index contributed by atoms with van der Waals surface area (Å²) < 4.78 is 52.7. The molecule has 0 aliphatic carbocycles. The maximum atomic E-state index is 14.0. The molecule has 2 heterocycles. The van der Waals surface area contributed by atoms with E-state index in [1.54, 1.807) is 18.2 Å². The first-order valence-electron chi connectivity index (χ1n) is 9.75. The Hall–Kier alpha value is -2.81. The van der Waals surface area contributed by atoms with Gasteiger partial charge in [0.05, 0.1) is 11.3 Å². The summed E-state index contributed by atoms with van der Waals surface area (Å²) in [6.07, 6.45) is -2.89. The third-order valence-corrected chi connectivity index (χ3v) is 6.06. The predicted octanol–water partition coefficient (Wildman–Crippen LogP) is 5.25. The average molecular weight is 448 g/mol. The molecule has 31 heavy (non-hydrogen) atoms. The smallest absolute Gasteiger partial charge is 0.366 e. The van der Waals surface area contributed by atoms with Crippen molar-refractivity contribution in [1.29, 1.82) is 0 Å². The highest BCUT2D eigenvalue weighted by Gasteiger charge is 2.30. The monoisotopic (exact) mass is 448 g/mol. The van der Waals surface area contributed by atoms with Gasteiger partial charge in [0, 0.05) is 38.0 Å². The molecule has 2 aromatic carbocycles. The summed E-state index contributed by atoms with van der Waals surface area (Å²) in [5.41, 5.74) is 0.530. The molecule has 0 radical (unpaired) electrons. The molecule has 3 aromatic rings. The van der Waals surface area contributed by atoms with Gasteiger partial charge in [-0.05, 0) is 23.8 Å². The summed E-state index contributed by atoms with van der Waals surface area (Å²) in [4.78, 5) is 12.7. The normalized spacial score (nSPS) is 14.7. The Kier molecular flexibility index (Phi) is 6.31. The van der Waals surface area contributed by atoms with Crippen molar-refractivity contribution in [2.45, 2.75) is 17.0 Å². The summed E-state index contributed by atoms with van der Waals surface area (Å²) >= 11 is 1.37. The summed E-state index contributed by atoms with van der Waals surface area (Å²) in [5, 5.41) is 0.693. The second-order valence-corrected chi connectivity index (χ2v) is 8.12. The molecule has 1 fully saturated rings. The van der Waals surface area contributed by atoms with Gasteiger partial charge in [0.1, 0.15) is 23.0 Å². The number of hydrogen-bond donors (Lipinski definition) is 0. The second kappa shape index (κ2) is 9.13. The first-order chi connectivity index (χ1) is 14.9. The maximum absolute atomic E-state index is 14.0. The van der Waals surface area contributed by atoms with Gasteiger partial charge >= 0.3 is 6.18 Å². The molecule has 1 saturated heterocycles. The van der Waals surface area contributed by atoms with E-state index in [2.05, 4.69) is 14.9 Å². The molecule has 0 atom stereocenters. The zero-order chi connectivity index (χ0) is 21.8. The van der Waals surface area contributed by atoms with Gasteiger partial charge in [-0.25, -0.2) is 14.4 Å². The van der Waals surface area contributed by atoms with Crippen LogP contribution in [-0.2, 0) is 11.9 Å². The van der Waals surface area contributed by atoms with Gasteiger partial charge < -0.3 is 9.80 Å². The zero-order valence-electron chi connectivity index (χ0n) is 16.5. The molecule has 1 aliphatic rings. The number of hydrogen-bond acceptors (Lipinski definition) is 5. The van der Waals surface area contributed by atoms with Crippen molar-refractivity contribution < 1.29 is 17.6 Å². The van der Waals surface area contributed by atoms with E-state index >= 15 is 0 Å². The first kappa shape index (κ1) is 21.4. The van der Waals surface area contributed by atoms with Crippen molar-refractivity contribution >= 4 is 23.3 Å². The highest BCUT2D eigenvalue weighted by Crippen LogP contribution is 2.31. The van der Waals surface area contributed by atoms with E-state index in [0.29, 0.717) is 48.2 Å². The lowest BCUT2D eigenvalue weighted by molar-refractivity contribution is -0.137. The highest BCUT2D eigenvalue weighted by molar-refractivity contribution is 7.98. The van der Waals surface area contributed by atoms with Crippen LogP contribution in [0.5, 0.6) is 0 Å². The van der Waals surface area contributed by atoms with Crippen LogP contribution in [0, 0.1) is 5.82 Å².